The molecule has 1 saturated carbocycles. The molecule has 0 radical (unpaired) electrons. The van der Waals surface area contributed by atoms with Crippen LogP contribution in [0.1, 0.15) is 36.4 Å². The topological polar surface area (TPSA) is 121 Å². The lowest BCUT2D eigenvalue weighted by Crippen LogP contribution is -2.49. The van der Waals surface area contributed by atoms with Gasteiger partial charge in [-0.2, -0.15) is 0 Å². The van der Waals surface area contributed by atoms with E-state index >= 15 is 0 Å². The molecule has 1 aliphatic heterocycles. The van der Waals surface area contributed by atoms with E-state index < -0.39 is 11.9 Å². The number of aliphatic carboxylic acids is 1. The van der Waals surface area contributed by atoms with Gasteiger partial charge in [0.15, 0.2) is 0 Å². The number of hydrogen-bond donors (Lipinski definition) is 3. The minimum absolute atomic E-state index is 0.126. The molecule has 1 aliphatic carbocycles. The summed E-state index contributed by atoms with van der Waals surface area (Å²) in [7, 11) is 0. The first kappa shape index (κ1) is 21.0. The van der Waals surface area contributed by atoms with Crippen LogP contribution < -0.4 is 15.5 Å². The predicted molar refractivity (Wildman–Crippen MR) is 123 cm³/mol. The molecule has 0 bridgehead atoms. The second kappa shape index (κ2) is 8.57. The molecule has 3 aromatic rings. The van der Waals surface area contributed by atoms with Crippen molar-refractivity contribution in [2.45, 2.75) is 25.7 Å². The summed E-state index contributed by atoms with van der Waals surface area (Å²) in [6.45, 7) is 1.83. The van der Waals surface area contributed by atoms with Crippen LogP contribution >= 0.6 is 0 Å². The third-order valence-corrected chi connectivity index (χ3v) is 6.67. The Morgan fingerprint density at radius 3 is 2.33 bits per heavy atom. The first-order valence-corrected chi connectivity index (χ1v) is 11.0. The molecule has 2 aliphatic rings. The van der Waals surface area contributed by atoms with Crippen molar-refractivity contribution in [1.29, 1.82) is 0 Å². The number of carbonyl (C=O) groups excluding carboxylic acids is 1. The Bertz CT molecular complexity index is 1130. The van der Waals surface area contributed by atoms with Crippen LogP contribution in [-0.4, -0.2) is 40.3 Å². The number of nitrogens with zero attached hydrogens (tertiary/aromatic N) is 3. The lowest BCUT2D eigenvalue weighted by atomic mass is 9.57. The standard InChI is InChI=1S/C24H25N5O4/c30-20(21-27-28-23(33-21)26-17-4-2-1-3-5-17)25-18-6-8-19(9-7-18)29-12-10-24(11-13-29)14-16(15-24)22(31)32/h1-9,16H,10-15H2,(H,25,30)(H,26,28)(H,31,32). The fourth-order valence-electron chi connectivity index (χ4n) is 4.76. The van der Waals surface area contributed by atoms with Crippen molar-refractivity contribution in [3.8, 4) is 0 Å². The maximum absolute atomic E-state index is 12.5. The number of carbonyl (C=O) groups is 2. The molecule has 2 heterocycles. The van der Waals surface area contributed by atoms with Gasteiger partial charge in [-0.15, -0.1) is 5.10 Å². The van der Waals surface area contributed by atoms with Gasteiger partial charge in [-0.25, -0.2) is 0 Å². The number of carboxylic acid groups (broad SMARTS) is 1. The monoisotopic (exact) mass is 447 g/mol. The molecule has 1 spiro atoms. The van der Waals surface area contributed by atoms with Crippen LogP contribution in [0.5, 0.6) is 0 Å². The fourth-order valence-corrected chi connectivity index (χ4v) is 4.76. The van der Waals surface area contributed by atoms with E-state index in [-0.39, 0.29) is 23.2 Å². The molecule has 2 aromatic carbocycles. The third-order valence-electron chi connectivity index (χ3n) is 6.67. The molecule has 170 valence electrons. The van der Waals surface area contributed by atoms with Gasteiger partial charge in [-0.3, -0.25) is 9.59 Å². The number of piperidine rings is 1. The largest absolute Gasteiger partial charge is 0.481 e. The van der Waals surface area contributed by atoms with Gasteiger partial charge in [0.1, 0.15) is 0 Å². The first-order chi connectivity index (χ1) is 16.0. The molecule has 0 atom stereocenters. The SMILES string of the molecule is O=C(Nc1ccc(N2CCC3(CC2)CC(C(=O)O)C3)cc1)c1nnc(Nc2ccccc2)o1. The molecule has 9 heteroatoms. The highest BCUT2D eigenvalue weighted by atomic mass is 16.4. The second-order valence-electron chi connectivity index (χ2n) is 8.83. The van der Waals surface area contributed by atoms with Crippen LogP contribution in [0.15, 0.2) is 59.0 Å². The van der Waals surface area contributed by atoms with Crippen LogP contribution in [0.2, 0.25) is 0 Å². The number of para-hydroxylation sites is 1. The van der Waals surface area contributed by atoms with E-state index in [4.69, 9.17) is 9.52 Å². The van der Waals surface area contributed by atoms with Gasteiger partial charge in [0.25, 0.3) is 0 Å². The van der Waals surface area contributed by atoms with Crippen molar-refractivity contribution >= 4 is 35.0 Å². The summed E-state index contributed by atoms with van der Waals surface area (Å²) in [5.41, 5.74) is 2.72. The first-order valence-electron chi connectivity index (χ1n) is 11.0. The molecule has 3 N–H and O–H groups in total. The summed E-state index contributed by atoms with van der Waals surface area (Å²) in [5, 5.41) is 22.5. The van der Waals surface area contributed by atoms with Crippen molar-refractivity contribution in [2.75, 3.05) is 28.6 Å². The Labute approximate surface area is 190 Å². The number of anilines is 4. The average molecular weight is 447 g/mol. The Morgan fingerprint density at radius 1 is 0.970 bits per heavy atom. The third kappa shape index (κ3) is 4.52. The number of rotatable bonds is 6. The highest BCUT2D eigenvalue weighted by molar-refractivity contribution is 6.01. The second-order valence-corrected chi connectivity index (χ2v) is 8.83. The zero-order valence-electron chi connectivity index (χ0n) is 18.0. The van der Waals surface area contributed by atoms with Crippen molar-refractivity contribution in [2.24, 2.45) is 11.3 Å². The van der Waals surface area contributed by atoms with Crippen molar-refractivity contribution < 1.29 is 19.1 Å². The van der Waals surface area contributed by atoms with Crippen LogP contribution in [0.25, 0.3) is 0 Å². The van der Waals surface area contributed by atoms with Gasteiger partial charge in [-0.05, 0) is 67.5 Å². The maximum Gasteiger partial charge on any atom is 0.320 e. The molecule has 1 amide bonds. The summed E-state index contributed by atoms with van der Waals surface area (Å²) >= 11 is 0. The van der Waals surface area contributed by atoms with Gasteiger partial charge >= 0.3 is 23.8 Å². The summed E-state index contributed by atoms with van der Waals surface area (Å²) in [6, 6.07) is 17.2. The Hall–Kier alpha value is -3.88. The lowest BCUT2D eigenvalue weighted by Gasteiger charge is -2.51. The van der Waals surface area contributed by atoms with Crippen molar-refractivity contribution in [1.82, 2.24) is 10.2 Å². The smallest absolute Gasteiger partial charge is 0.320 e. The summed E-state index contributed by atoms with van der Waals surface area (Å²) in [5.74, 6) is -1.43. The van der Waals surface area contributed by atoms with Gasteiger partial charge in [-0.1, -0.05) is 23.3 Å². The van der Waals surface area contributed by atoms with E-state index in [0.29, 0.717) is 5.69 Å². The molecule has 1 aromatic heterocycles. The molecule has 33 heavy (non-hydrogen) atoms. The van der Waals surface area contributed by atoms with Crippen LogP contribution in [0, 0.1) is 11.3 Å². The van der Waals surface area contributed by atoms with Gasteiger partial charge in [0.05, 0.1) is 5.92 Å². The molecule has 5 rings (SSSR count). The highest BCUT2D eigenvalue weighted by Gasteiger charge is 2.48. The average Bonchev–Trinajstić information content (AvgIpc) is 3.27. The number of amides is 1. The number of carboxylic acids is 1. The quantitative estimate of drug-likeness (QED) is 0.515. The maximum atomic E-state index is 12.5. The van der Waals surface area contributed by atoms with E-state index in [1.807, 2.05) is 54.6 Å². The number of hydrogen-bond acceptors (Lipinski definition) is 7. The minimum atomic E-state index is -0.662. The Balaban J connectivity index is 1.14. The van der Waals surface area contributed by atoms with Crippen LogP contribution in [-0.2, 0) is 4.79 Å². The number of nitrogens with one attached hydrogen (secondary N) is 2. The zero-order chi connectivity index (χ0) is 22.8. The highest BCUT2D eigenvalue weighted by Crippen LogP contribution is 2.52. The minimum Gasteiger partial charge on any atom is -0.481 e. The molecule has 0 unspecified atom stereocenters. The summed E-state index contributed by atoms with van der Waals surface area (Å²) in [6.07, 6.45) is 3.65. The van der Waals surface area contributed by atoms with Gasteiger partial charge in [0, 0.05) is 30.2 Å². The van der Waals surface area contributed by atoms with Gasteiger partial charge < -0.3 is 25.1 Å². The fraction of sp³-hybridized carbons (Fsp3) is 0.333. The van der Waals surface area contributed by atoms with E-state index in [1.165, 1.54) is 0 Å². The summed E-state index contributed by atoms with van der Waals surface area (Å²) < 4.78 is 5.41. The van der Waals surface area contributed by atoms with E-state index in [9.17, 15) is 9.59 Å². The molecular formula is C24H25N5O4. The number of aromatic nitrogens is 2. The molecular weight excluding hydrogens is 422 g/mol. The van der Waals surface area contributed by atoms with E-state index in [2.05, 4.69) is 25.7 Å². The zero-order valence-corrected chi connectivity index (χ0v) is 18.0. The molecule has 9 nitrogen and oxygen atoms in total. The lowest BCUT2D eigenvalue weighted by molar-refractivity contribution is -0.151. The number of benzene rings is 2. The van der Waals surface area contributed by atoms with Gasteiger partial charge in [0.2, 0.25) is 0 Å². The van der Waals surface area contributed by atoms with Crippen LogP contribution in [0.3, 0.4) is 0 Å². The van der Waals surface area contributed by atoms with E-state index in [0.717, 1.165) is 50.1 Å². The Morgan fingerprint density at radius 2 is 1.67 bits per heavy atom. The predicted octanol–water partition coefficient (Wildman–Crippen LogP) is 4.15. The van der Waals surface area contributed by atoms with Crippen LogP contribution in [0.4, 0.5) is 23.1 Å². The van der Waals surface area contributed by atoms with E-state index in [1.54, 1.807) is 0 Å². The molecule has 1 saturated heterocycles. The summed E-state index contributed by atoms with van der Waals surface area (Å²) in [4.78, 5) is 25.9. The van der Waals surface area contributed by atoms with Crippen molar-refractivity contribution in [3.05, 3.63) is 60.5 Å². The Kier molecular flexibility index (Phi) is 5.45. The van der Waals surface area contributed by atoms with Crippen molar-refractivity contribution in [3.63, 3.8) is 0 Å². The normalized spacial score (nSPS) is 17.4. The molecule has 2 fully saturated rings.